The number of carbonyl (C=O) groups excluding carboxylic acids is 2. The van der Waals surface area contributed by atoms with Gasteiger partial charge in [-0.25, -0.2) is 27.8 Å². The minimum Gasteiger partial charge on any atom is -0.481 e. The van der Waals surface area contributed by atoms with Crippen molar-refractivity contribution in [2.45, 2.75) is 131 Å². The van der Waals surface area contributed by atoms with Crippen molar-refractivity contribution >= 4 is 69.1 Å². The lowest BCUT2D eigenvalue weighted by atomic mass is 9.86. The van der Waals surface area contributed by atoms with Crippen molar-refractivity contribution < 1.29 is 38.2 Å². The quantitative estimate of drug-likeness (QED) is 0.118. The molecule has 20 heteroatoms. The van der Waals surface area contributed by atoms with Crippen molar-refractivity contribution in [2.24, 2.45) is 10.8 Å². The molecule has 0 bridgehead atoms. The van der Waals surface area contributed by atoms with E-state index in [1.165, 1.54) is 33.0 Å². The summed E-state index contributed by atoms with van der Waals surface area (Å²) in [5, 5.41) is 32.2. The van der Waals surface area contributed by atoms with Crippen molar-refractivity contribution in [1.82, 2.24) is 39.0 Å². The molecule has 440 valence electrons. The zero-order valence-electron chi connectivity index (χ0n) is 46.3. The van der Waals surface area contributed by atoms with Gasteiger partial charge in [0.15, 0.2) is 11.3 Å². The monoisotopic (exact) mass is 1180 g/mol. The van der Waals surface area contributed by atoms with Crippen molar-refractivity contribution in [3.8, 4) is 22.5 Å². The summed E-state index contributed by atoms with van der Waals surface area (Å²) in [4.78, 5) is 70.0. The van der Waals surface area contributed by atoms with Gasteiger partial charge in [0.05, 0.1) is 36.3 Å². The second-order valence-electron chi connectivity index (χ2n) is 24.2. The molecule has 2 saturated heterocycles. The smallest absolute Gasteiger partial charge is 0.303 e. The van der Waals surface area contributed by atoms with Gasteiger partial charge in [-0.15, -0.1) is 22.7 Å². The average molecular weight is 1180 g/mol. The highest BCUT2D eigenvalue weighted by molar-refractivity contribution is 7.10. The summed E-state index contributed by atoms with van der Waals surface area (Å²) in [6.07, 6.45) is 7.49. The second-order valence-corrected chi connectivity index (χ2v) is 26.2. The third-order valence-electron chi connectivity index (χ3n) is 17.9. The number of halogens is 2. The van der Waals surface area contributed by atoms with Crippen molar-refractivity contribution in [1.29, 1.82) is 0 Å². The van der Waals surface area contributed by atoms with Gasteiger partial charge < -0.3 is 29.8 Å². The van der Waals surface area contributed by atoms with Crippen molar-refractivity contribution in [2.75, 3.05) is 49.1 Å². The Labute approximate surface area is 495 Å². The van der Waals surface area contributed by atoms with Gasteiger partial charge in [0.1, 0.15) is 23.0 Å². The second kappa shape index (κ2) is 22.4. The minimum atomic E-state index is -0.811. The number of carboxylic acid groups (broad SMARTS) is 2. The van der Waals surface area contributed by atoms with Gasteiger partial charge in [-0.05, 0) is 159 Å². The molecule has 0 spiro atoms. The van der Waals surface area contributed by atoms with Crippen LogP contribution in [0.4, 0.5) is 20.2 Å². The molecule has 16 nitrogen and oxygen atoms in total. The summed E-state index contributed by atoms with van der Waals surface area (Å²) in [6.45, 7) is 11.9. The van der Waals surface area contributed by atoms with Crippen LogP contribution >= 0.6 is 22.7 Å². The first-order chi connectivity index (χ1) is 39.4. The standard InChI is InChI=1S/2C31H32FN5O3S.2CH4/c2*1-18-21-8-12-41-27(21)7-10-36(18)30(40)25-14-26(19-3-4-19)37-28(33-25)15-24(34-37)22-6-5-20(13-23(22)32)35-11-9-31(2,17-35)16-29(38)39;;/h2*5-6,8,12-15,18-19H,3-4,7,9-11,16-17H2,1-2H3,(H,38,39);2*1H4/t18-,31+;18-,31-;;/m11../s1. The van der Waals surface area contributed by atoms with E-state index < -0.39 is 23.6 Å². The number of carboxylic acids is 2. The van der Waals surface area contributed by atoms with Gasteiger partial charge in [0.25, 0.3) is 11.8 Å². The van der Waals surface area contributed by atoms with Crippen LogP contribution in [-0.2, 0) is 22.4 Å². The number of rotatable bonds is 12. The van der Waals surface area contributed by atoms with E-state index in [1.807, 2.05) is 57.7 Å². The number of carbonyl (C=O) groups is 4. The minimum absolute atomic E-state index is 0. The van der Waals surface area contributed by atoms with Gasteiger partial charge in [0, 0.05) is 107 Å². The Morgan fingerprint density at radius 2 is 0.988 bits per heavy atom. The van der Waals surface area contributed by atoms with Gasteiger partial charge in [-0.3, -0.25) is 19.2 Å². The van der Waals surface area contributed by atoms with Gasteiger partial charge in [-0.2, -0.15) is 10.2 Å². The molecule has 2 aromatic carbocycles. The fourth-order valence-electron chi connectivity index (χ4n) is 13.0. The van der Waals surface area contributed by atoms with Gasteiger partial charge >= 0.3 is 11.9 Å². The fraction of sp³-hybridized carbons (Fsp3) is 0.438. The highest BCUT2D eigenvalue weighted by atomic mass is 32.1. The number of hydrogen-bond acceptors (Lipinski definition) is 12. The molecule has 6 aliphatic rings. The van der Waals surface area contributed by atoms with Crippen LogP contribution in [0.5, 0.6) is 0 Å². The fourth-order valence-corrected chi connectivity index (χ4v) is 14.9. The number of fused-ring (bicyclic) bond motifs is 4. The lowest BCUT2D eigenvalue weighted by Crippen LogP contribution is -2.38. The first-order valence-corrected chi connectivity index (χ1v) is 30.2. The largest absolute Gasteiger partial charge is 0.481 e. The summed E-state index contributed by atoms with van der Waals surface area (Å²) in [6, 6.07) is 21.7. The maximum Gasteiger partial charge on any atom is 0.303 e. The highest BCUT2D eigenvalue weighted by Crippen LogP contribution is 2.44. The molecule has 10 heterocycles. The maximum atomic E-state index is 15.5. The zero-order valence-corrected chi connectivity index (χ0v) is 47.9. The Bertz CT molecular complexity index is 3640. The van der Waals surface area contributed by atoms with Crippen LogP contribution in [0, 0.1) is 22.5 Å². The Kier molecular flexibility index (Phi) is 15.6. The Hall–Kier alpha value is -7.58. The van der Waals surface area contributed by atoms with E-state index in [0.717, 1.165) is 74.1 Å². The molecule has 14 rings (SSSR count). The average Bonchev–Trinajstić information content (AvgIpc) is 2.15. The molecular weight excluding hydrogens is 1110 g/mol. The van der Waals surface area contributed by atoms with E-state index in [1.54, 1.807) is 56.0 Å². The number of amides is 2. The number of benzene rings is 2. The first kappa shape index (κ1) is 58.2. The lowest BCUT2D eigenvalue weighted by molar-refractivity contribution is -0.140. The molecule has 2 aliphatic carbocycles. The zero-order chi connectivity index (χ0) is 56.9. The van der Waals surface area contributed by atoms with Gasteiger partial charge in [-0.1, -0.05) is 28.7 Å². The van der Waals surface area contributed by atoms with E-state index in [9.17, 15) is 29.4 Å². The molecule has 4 aliphatic heterocycles. The molecule has 4 fully saturated rings. The van der Waals surface area contributed by atoms with Gasteiger partial charge in [0.2, 0.25) is 0 Å². The topological polar surface area (TPSA) is 182 Å². The Morgan fingerprint density at radius 1 is 0.583 bits per heavy atom. The normalized spacial score (nSPS) is 21.8. The van der Waals surface area contributed by atoms with Crippen LogP contribution in [0.15, 0.2) is 83.6 Å². The third kappa shape index (κ3) is 11.1. The molecule has 84 heavy (non-hydrogen) atoms. The van der Waals surface area contributed by atoms with Crippen LogP contribution in [0.2, 0.25) is 0 Å². The Balaban J connectivity index is 0.000000171. The molecule has 8 aromatic rings. The number of hydrogen-bond donors (Lipinski definition) is 2. The lowest BCUT2D eigenvalue weighted by Gasteiger charge is -2.33. The van der Waals surface area contributed by atoms with Crippen molar-refractivity contribution in [3.05, 3.63) is 139 Å². The number of nitrogens with zero attached hydrogens (tertiary/aromatic N) is 10. The first-order valence-electron chi connectivity index (χ1n) is 28.5. The molecule has 4 atom stereocenters. The summed E-state index contributed by atoms with van der Waals surface area (Å²) >= 11 is 3.49. The molecule has 2 N–H and O–H groups in total. The van der Waals surface area contributed by atoms with Crippen LogP contribution in [0.25, 0.3) is 33.8 Å². The number of thiophene rings is 2. The van der Waals surface area contributed by atoms with E-state index in [-0.39, 0.29) is 62.4 Å². The van der Waals surface area contributed by atoms with E-state index in [2.05, 4.69) is 36.7 Å². The van der Waals surface area contributed by atoms with E-state index in [4.69, 9.17) is 20.2 Å². The maximum absolute atomic E-state index is 15.5. The number of aliphatic carboxylic acids is 2. The molecule has 2 amide bonds. The summed E-state index contributed by atoms with van der Waals surface area (Å²) < 4.78 is 34.6. The van der Waals surface area contributed by atoms with E-state index in [0.29, 0.717) is 96.3 Å². The summed E-state index contributed by atoms with van der Waals surface area (Å²) in [7, 11) is 0. The number of aromatic nitrogens is 6. The van der Waals surface area contributed by atoms with Crippen LogP contribution in [0.3, 0.4) is 0 Å². The molecular formula is C64H72F2N10O6S2. The summed E-state index contributed by atoms with van der Waals surface area (Å²) in [5.74, 6) is -1.96. The Morgan fingerprint density at radius 3 is 1.36 bits per heavy atom. The predicted octanol–water partition coefficient (Wildman–Crippen LogP) is 13.1. The SMILES string of the molecule is C.C.C[C@@H]1c2ccsc2CCN1C(=O)c1cc(C2CC2)n2nc(-c3ccc(N4CC[C@@](C)(CC(=O)O)C4)cc3F)cc2n1.C[C@@H]1c2ccsc2CCN1C(=O)c1cc(C2CC2)n2nc(-c3ccc(N4CC[C@](C)(CC(=O)O)C4)cc3F)cc2n1. The van der Waals surface area contributed by atoms with Crippen LogP contribution in [0.1, 0.15) is 171 Å². The third-order valence-corrected chi connectivity index (χ3v) is 19.9. The molecule has 6 aromatic heterocycles. The molecule has 2 saturated carbocycles. The van der Waals surface area contributed by atoms with Crippen LogP contribution < -0.4 is 9.80 Å². The molecule has 0 unspecified atom stereocenters. The van der Waals surface area contributed by atoms with Crippen LogP contribution in [-0.4, -0.2) is 112 Å². The highest BCUT2D eigenvalue weighted by Gasteiger charge is 2.39. The predicted molar refractivity (Wildman–Crippen MR) is 324 cm³/mol. The molecule has 0 radical (unpaired) electrons. The number of anilines is 2. The van der Waals surface area contributed by atoms with Crippen molar-refractivity contribution in [3.63, 3.8) is 0 Å². The summed E-state index contributed by atoms with van der Waals surface area (Å²) in [5.41, 5.74) is 8.70. The van der Waals surface area contributed by atoms with E-state index >= 15 is 8.78 Å².